The number of carboxylic acid groups (broad SMARTS) is 2. The molecule has 0 aliphatic heterocycles. The zero-order valence-corrected chi connectivity index (χ0v) is 8.52. The van der Waals surface area contributed by atoms with Gasteiger partial charge in [0.25, 0.3) is 0 Å². The molecule has 0 aliphatic carbocycles. The van der Waals surface area contributed by atoms with E-state index in [1.807, 2.05) is 25.9 Å². The second-order valence-electron chi connectivity index (χ2n) is 3.33. The van der Waals surface area contributed by atoms with Crippen molar-refractivity contribution < 1.29 is 19.8 Å². The summed E-state index contributed by atoms with van der Waals surface area (Å²) >= 11 is 0. The second kappa shape index (κ2) is 5.39. The molecule has 0 aromatic carbocycles. The molecule has 1 atom stereocenters. The van der Waals surface area contributed by atoms with Gasteiger partial charge in [-0.25, -0.2) is 9.59 Å². The van der Waals surface area contributed by atoms with Crippen LogP contribution in [0.4, 0.5) is 0 Å². The van der Waals surface area contributed by atoms with Crippen LogP contribution in [0.3, 0.4) is 0 Å². The molecule has 2 N–H and O–H groups in total. The molecule has 0 aromatic rings. The van der Waals surface area contributed by atoms with Crippen LogP contribution in [0, 0.1) is 0 Å². The van der Waals surface area contributed by atoms with Gasteiger partial charge in [0.05, 0.1) is 0 Å². The quantitative estimate of drug-likeness (QED) is 0.630. The van der Waals surface area contributed by atoms with Gasteiger partial charge in [-0.2, -0.15) is 0 Å². The highest BCUT2D eigenvalue weighted by molar-refractivity contribution is 5.94. The summed E-state index contributed by atoms with van der Waals surface area (Å²) < 4.78 is 0. The van der Waals surface area contributed by atoms with Gasteiger partial charge < -0.3 is 15.1 Å². The molecular weight excluding hydrogens is 186 g/mol. The lowest BCUT2D eigenvalue weighted by Gasteiger charge is -2.19. The molecule has 0 radical (unpaired) electrons. The first-order valence-corrected chi connectivity index (χ1v) is 4.17. The summed E-state index contributed by atoms with van der Waals surface area (Å²) in [5.41, 5.74) is -0.0845. The Balaban J connectivity index is 4.55. The van der Waals surface area contributed by atoms with E-state index in [-0.39, 0.29) is 18.0 Å². The minimum absolute atomic E-state index is 0.00306. The Kier molecular flexibility index (Phi) is 4.86. The molecule has 0 rings (SSSR count). The molecule has 14 heavy (non-hydrogen) atoms. The van der Waals surface area contributed by atoms with Crippen molar-refractivity contribution in [2.75, 3.05) is 14.1 Å². The first kappa shape index (κ1) is 12.6. The number of hydrogen-bond acceptors (Lipinski definition) is 3. The van der Waals surface area contributed by atoms with E-state index in [1.54, 1.807) is 0 Å². The van der Waals surface area contributed by atoms with Crippen LogP contribution < -0.4 is 0 Å². The van der Waals surface area contributed by atoms with E-state index in [9.17, 15) is 9.59 Å². The molecule has 0 bridgehead atoms. The fourth-order valence-electron chi connectivity index (χ4n) is 0.858. The molecule has 0 aromatic heterocycles. The van der Waals surface area contributed by atoms with Gasteiger partial charge >= 0.3 is 11.9 Å². The molecule has 0 amide bonds. The van der Waals surface area contributed by atoms with E-state index in [0.717, 1.165) is 6.08 Å². The lowest BCUT2D eigenvalue weighted by Crippen LogP contribution is -2.26. The van der Waals surface area contributed by atoms with Crippen molar-refractivity contribution >= 4 is 11.9 Å². The summed E-state index contributed by atoms with van der Waals surface area (Å²) in [7, 11) is 3.62. The molecule has 80 valence electrons. The maximum absolute atomic E-state index is 10.6. The maximum atomic E-state index is 10.6. The third-order valence-electron chi connectivity index (χ3n) is 1.97. The van der Waals surface area contributed by atoms with Crippen molar-refractivity contribution in [3.8, 4) is 0 Å². The molecule has 5 heteroatoms. The smallest absolute Gasteiger partial charge is 0.331 e. The van der Waals surface area contributed by atoms with Crippen LogP contribution in [0.15, 0.2) is 11.6 Å². The molecule has 5 nitrogen and oxygen atoms in total. The predicted molar refractivity (Wildman–Crippen MR) is 51.1 cm³/mol. The van der Waals surface area contributed by atoms with E-state index >= 15 is 0 Å². The fourth-order valence-corrected chi connectivity index (χ4v) is 0.858. The Hall–Kier alpha value is -1.36. The number of nitrogens with zero attached hydrogens (tertiary/aromatic N) is 1. The third-order valence-corrected chi connectivity index (χ3v) is 1.97. The van der Waals surface area contributed by atoms with Crippen LogP contribution in [0.25, 0.3) is 0 Å². The number of hydrogen-bond donors (Lipinski definition) is 2. The number of carbonyl (C=O) groups is 2. The topological polar surface area (TPSA) is 77.8 Å². The largest absolute Gasteiger partial charge is 0.478 e. The second-order valence-corrected chi connectivity index (χ2v) is 3.33. The number of rotatable bonds is 5. The van der Waals surface area contributed by atoms with Crippen molar-refractivity contribution in [1.82, 2.24) is 4.90 Å². The van der Waals surface area contributed by atoms with Crippen LogP contribution in [-0.4, -0.2) is 47.2 Å². The lowest BCUT2D eigenvalue weighted by atomic mass is 10.1. The van der Waals surface area contributed by atoms with E-state index in [0.29, 0.717) is 0 Å². The summed E-state index contributed by atoms with van der Waals surface area (Å²) in [6.07, 6.45) is 0.955. The van der Waals surface area contributed by atoms with Crippen molar-refractivity contribution in [2.24, 2.45) is 0 Å². The highest BCUT2D eigenvalue weighted by Crippen LogP contribution is 2.09. The molecular formula is C9H15NO4. The highest BCUT2D eigenvalue weighted by atomic mass is 16.4. The van der Waals surface area contributed by atoms with E-state index in [1.165, 1.54) is 0 Å². The van der Waals surface area contributed by atoms with Crippen LogP contribution in [0.2, 0.25) is 0 Å². The summed E-state index contributed by atoms with van der Waals surface area (Å²) in [6, 6.07) is -0.00306. The Bertz CT molecular complexity index is 258. The van der Waals surface area contributed by atoms with Crippen molar-refractivity contribution in [1.29, 1.82) is 0 Å². The van der Waals surface area contributed by atoms with Gasteiger partial charge in [-0.05, 0) is 27.4 Å². The molecule has 0 saturated carbocycles. The average Bonchev–Trinajstić information content (AvgIpc) is 2.01. The summed E-state index contributed by atoms with van der Waals surface area (Å²) in [4.78, 5) is 22.8. The van der Waals surface area contributed by atoms with Gasteiger partial charge in [0.2, 0.25) is 0 Å². The first-order chi connectivity index (χ1) is 6.34. The van der Waals surface area contributed by atoms with Gasteiger partial charge in [0.1, 0.15) is 0 Å². The van der Waals surface area contributed by atoms with Crippen LogP contribution in [0.5, 0.6) is 0 Å². The zero-order chi connectivity index (χ0) is 11.3. The maximum Gasteiger partial charge on any atom is 0.331 e. The van der Waals surface area contributed by atoms with E-state index < -0.39 is 11.9 Å². The molecule has 1 unspecified atom stereocenters. The van der Waals surface area contributed by atoms with Crippen LogP contribution in [0.1, 0.15) is 13.3 Å². The van der Waals surface area contributed by atoms with Gasteiger partial charge in [-0.3, -0.25) is 0 Å². The fraction of sp³-hybridized carbons (Fsp3) is 0.556. The minimum atomic E-state index is -1.23. The third kappa shape index (κ3) is 4.61. The van der Waals surface area contributed by atoms with Gasteiger partial charge in [-0.1, -0.05) is 0 Å². The Morgan fingerprint density at radius 2 is 1.86 bits per heavy atom. The SMILES string of the molecule is CC(C/C(=C\C(=O)O)C(=O)O)N(C)C. The first-order valence-electron chi connectivity index (χ1n) is 4.17. The van der Waals surface area contributed by atoms with Crippen LogP contribution >= 0.6 is 0 Å². The standard InChI is InChI=1S/C9H15NO4/c1-6(10(2)3)4-7(9(13)14)5-8(11)12/h5-6H,4H2,1-3H3,(H,11,12)(H,13,14)/b7-5+. The van der Waals surface area contributed by atoms with E-state index in [2.05, 4.69) is 0 Å². The Morgan fingerprint density at radius 3 is 2.14 bits per heavy atom. The van der Waals surface area contributed by atoms with Gasteiger partial charge in [-0.15, -0.1) is 0 Å². The number of carboxylic acids is 2. The van der Waals surface area contributed by atoms with Crippen LogP contribution in [-0.2, 0) is 9.59 Å². The summed E-state index contributed by atoms with van der Waals surface area (Å²) in [5, 5.41) is 17.1. The van der Waals surface area contributed by atoms with Crippen molar-refractivity contribution in [3.63, 3.8) is 0 Å². The molecule has 0 aliphatic rings. The summed E-state index contributed by atoms with van der Waals surface area (Å²) in [5.74, 6) is -2.41. The molecule has 0 spiro atoms. The Labute approximate surface area is 82.6 Å². The molecule has 0 heterocycles. The van der Waals surface area contributed by atoms with Gasteiger partial charge in [0.15, 0.2) is 0 Å². The normalized spacial score (nSPS) is 14.1. The lowest BCUT2D eigenvalue weighted by molar-refractivity contribution is -0.135. The van der Waals surface area contributed by atoms with Crippen molar-refractivity contribution in [3.05, 3.63) is 11.6 Å². The molecule has 0 saturated heterocycles. The highest BCUT2D eigenvalue weighted by Gasteiger charge is 2.14. The Morgan fingerprint density at radius 1 is 1.36 bits per heavy atom. The van der Waals surface area contributed by atoms with Crippen molar-refractivity contribution in [2.45, 2.75) is 19.4 Å². The summed E-state index contributed by atoms with van der Waals surface area (Å²) in [6.45, 7) is 1.83. The minimum Gasteiger partial charge on any atom is -0.478 e. The molecule has 0 fully saturated rings. The monoisotopic (exact) mass is 201 g/mol. The zero-order valence-electron chi connectivity index (χ0n) is 8.52. The predicted octanol–water partition coefficient (Wildman–Crippen LogP) is 0.422. The average molecular weight is 201 g/mol. The number of aliphatic carboxylic acids is 2. The van der Waals surface area contributed by atoms with E-state index in [4.69, 9.17) is 10.2 Å². The van der Waals surface area contributed by atoms with Gasteiger partial charge in [0, 0.05) is 17.7 Å².